The zero-order valence-corrected chi connectivity index (χ0v) is 6.95. The summed E-state index contributed by atoms with van der Waals surface area (Å²) in [6, 6.07) is 7.20. The highest BCUT2D eigenvalue weighted by Crippen LogP contribution is 2.16. The Hall–Kier alpha value is -1.61. The molecule has 0 radical (unpaired) electrons. The summed E-state index contributed by atoms with van der Waals surface area (Å²) >= 11 is 0. The topological polar surface area (TPSA) is 53.1 Å². The van der Waals surface area contributed by atoms with E-state index in [0.29, 0.717) is 5.56 Å². The lowest BCUT2D eigenvalue weighted by molar-refractivity contribution is 0.112. The molecular weight excluding hydrogens is 166 g/mol. The number of aliphatic hydroxyl groups is 1. The molecule has 1 aromatic heterocycles. The summed E-state index contributed by atoms with van der Waals surface area (Å²) in [6.45, 7) is -0.00883. The van der Waals surface area contributed by atoms with E-state index in [9.17, 15) is 4.79 Å². The lowest BCUT2D eigenvalue weighted by atomic mass is 10.2. The Bertz CT molecular complexity index is 445. The van der Waals surface area contributed by atoms with Crippen LogP contribution in [-0.4, -0.2) is 16.4 Å². The van der Waals surface area contributed by atoms with Gasteiger partial charge < -0.3 is 10.1 Å². The number of carbonyl (C=O) groups is 1. The van der Waals surface area contributed by atoms with Gasteiger partial charge in [-0.2, -0.15) is 0 Å². The Labute approximate surface area is 75.0 Å². The normalized spacial score (nSPS) is 10.5. The summed E-state index contributed by atoms with van der Waals surface area (Å²) in [7, 11) is 0. The number of aromatic nitrogens is 1. The highest BCUT2D eigenvalue weighted by molar-refractivity contribution is 5.87. The number of fused-ring (bicyclic) bond motifs is 1. The van der Waals surface area contributed by atoms with Crippen LogP contribution in [0.4, 0.5) is 0 Å². The van der Waals surface area contributed by atoms with Crippen molar-refractivity contribution in [2.24, 2.45) is 0 Å². The maximum atomic E-state index is 10.5. The lowest BCUT2D eigenvalue weighted by Gasteiger charge is -1.89. The molecule has 2 rings (SSSR count). The Morgan fingerprint density at radius 2 is 2.23 bits per heavy atom. The van der Waals surface area contributed by atoms with Gasteiger partial charge in [0.2, 0.25) is 0 Å². The third-order valence-electron chi connectivity index (χ3n) is 2.01. The number of rotatable bonds is 2. The molecule has 0 unspecified atom stereocenters. The van der Waals surface area contributed by atoms with Gasteiger partial charge in [0, 0.05) is 22.2 Å². The summed E-state index contributed by atoms with van der Waals surface area (Å²) < 4.78 is 0. The van der Waals surface area contributed by atoms with E-state index in [1.54, 1.807) is 12.1 Å². The van der Waals surface area contributed by atoms with E-state index in [4.69, 9.17) is 5.11 Å². The van der Waals surface area contributed by atoms with Crippen molar-refractivity contribution in [1.29, 1.82) is 0 Å². The largest absolute Gasteiger partial charge is 0.390 e. The summed E-state index contributed by atoms with van der Waals surface area (Å²) in [5.41, 5.74) is 2.35. The molecular formula is C10H9NO2. The van der Waals surface area contributed by atoms with E-state index in [0.717, 1.165) is 22.9 Å². The number of aromatic amines is 1. The monoisotopic (exact) mass is 175 g/mol. The van der Waals surface area contributed by atoms with E-state index < -0.39 is 0 Å². The number of carbonyl (C=O) groups excluding carboxylic acids is 1. The Balaban J connectivity index is 2.63. The van der Waals surface area contributed by atoms with E-state index >= 15 is 0 Å². The molecule has 0 saturated heterocycles. The molecule has 2 N–H and O–H groups in total. The van der Waals surface area contributed by atoms with Crippen molar-refractivity contribution in [3.8, 4) is 0 Å². The minimum absolute atomic E-state index is 0.00883. The molecule has 1 heterocycles. The molecule has 3 heteroatoms. The molecule has 0 amide bonds. The second-order valence-electron chi connectivity index (χ2n) is 2.92. The molecule has 0 aliphatic rings. The number of nitrogens with one attached hydrogen (secondary N) is 1. The summed E-state index contributed by atoms with van der Waals surface area (Å²) in [5, 5.41) is 9.82. The van der Waals surface area contributed by atoms with Crippen molar-refractivity contribution in [3.05, 3.63) is 35.5 Å². The van der Waals surface area contributed by atoms with Gasteiger partial charge in [-0.25, -0.2) is 0 Å². The number of hydrogen-bond acceptors (Lipinski definition) is 2. The Kier molecular flexibility index (Phi) is 1.87. The molecule has 0 saturated carbocycles. The first-order valence-electron chi connectivity index (χ1n) is 4.01. The number of aliphatic hydroxyl groups excluding tert-OH is 1. The van der Waals surface area contributed by atoms with E-state index in [-0.39, 0.29) is 6.61 Å². The maximum Gasteiger partial charge on any atom is 0.150 e. The summed E-state index contributed by atoms with van der Waals surface area (Å²) in [5.74, 6) is 0. The molecule has 0 spiro atoms. The van der Waals surface area contributed by atoms with Gasteiger partial charge in [0.25, 0.3) is 0 Å². The molecule has 3 nitrogen and oxygen atoms in total. The van der Waals surface area contributed by atoms with Crippen LogP contribution < -0.4 is 0 Å². The fraction of sp³-hybridized carbons (Fsp3) is 0.100. The minimum atomic E-state index is -0.00883. The average Bonchev–Trinajstić information content (AvgIpc) is 2.58. The third kappa shape index (κ3) is 1.34. The fourth-order valence-corrected chi connectivity index (χ4v) is 1.37. The molecule has 2 aromatic rings. The Morgan fingerprint density at radius 3 is 2.92 bits per heavy atom. The van der Waals surface area contributed by atoms with E-state index in [1.165, 1.54) is 0 Å². The quantitative estimate of drug-likeness (QED) is 0.679. The van der Waals surface area contributed by atoms with Crippen molar-refractivity contribution < 1.29 is 9.90 Å². The molecule has 0 aliphatic heterocycles. The van der Waals surface area contributed by atoms with Gasteiger partial charge in [-0.15, -0.1) is 0 Å². The van der Waals surface area contributed by atoms with Gasteiger partial charge in [0.15, 0.2) is 0 Å². The number of H-pyrrole nitrogens is 1. The SMILES string of the molecule is O=Cc1ccc2[nH]c(CO)cc2c1. The maximum absolute atomic E-state index is 10.5. The summed E-state index contributed by atoms with van der Waals surface area (Å²) in [6.07, 6.45) is 0.811. The highest BCUT2D eigenvalue weighted by Gasteiger charge is 1.99. The van der Waals surface area contributed by atoms with Crippen molar-refractivity contribution >= 4 is 17.2 Å². The molecule has 66 valence electrons. The predicted octanol–water partition coefficient (Wildman–Crippen LogP) is 1.47. The zero-order chi connectivity index (χ0) is 9.26. The van der Waals surface area contributed by atoms with Crippen LogP contribution in [-0.2, 0) is 6.61 Å². The second kappa shape index (κ2) is 3.03. The smallest absolute Gasteiger partial charge is 0.150 e. The van der Waals surface area contributed by atoms with Crippen LogP contribution in [0.2, 0.25) is 0 Å². The zero-order valence-electron chi connectivity index (χ0n) is 6.95. The minimum Gasteiger partial charge on any atom is -0.390 e. The molecule has 1 aromatic carbocycles. The van der Waals surface area contributed by atoms with Crippen molar-refractivity contribution in [2.45, 2.75) is 6.61 Å². The van der Waals surface area contributed by atoms with E-state index in [1.807, 2.05) is 12.1 Å². The molecule has 0 atom stereocenters. The number of hydrogen-bond donors (Lipinski definition) is 2. The number of benzene rings is 1. The van der Waals surface area contributed by atoms with Gasteiger partial charge in [-0.1, -0.05) is 0 Å². The lowest BCUT2D eigenvalue weighted by Crippen LogP contribution is -1.79. The van der Waals surface area contributed by atoms with Crippen molar-refractivity contribution in [1.82, 2.24) is 4.98 Å². The van der Waals surface area contributed by atoms with Crippen LogP contribution in [0.5, 0.6) is 0 Å². The standard InChI is InChI=1S/C10H9NO2/c12-5-7-1-2-10-8(3-7)4-9(6-13)11-10/h1-5,11,13H,6H2. The Morgan fingerprint density at radius 1 is 1.38 bits per heavy atom. The second-order valence-corrected chi connectivity index (χ2v) is 2.92. The third-order valence-corrected chi connectivity index (χ3v) is 2.01. The van der Waals surface area contributed by atoms with Crippen molar-refractivity contribution in [2.75, 3.05) is 0 Å². The van der Waals surface area contributed by atoms with Gasteiger partial charge in [-0.3, -0.25) is 4.79 Å². The fourth-order valence-electron chi connectivity index (χ4n) is 1.37. The molecule has 0 bridgehead atoms. The first kappa shape index (κ1) is 8.01. The first-order valence-corrected chi connectivity index (χ1v) is 4.01. The van der Waals surface area contributed by atoms with Gasteiger partial charge >= 0.3 is 0 Å². The first-order chi connectivity index (χ1) is 6.33. The van der Waals surface area contributed by atoms with Gasteiger partial charge in [0.1, 0.15) is 6.29 Å². The van der Waals surface area contributed by atoms with Crippen LogP contribution >= 0.6 is 0 Å². The van der Waals surface area contributed by atoms with Crippen LogP contribution in [0.3, 0.4) is 0 Å². The van der Waals surface area contributed by atoms with Crippen LogP contribution in [0.1, 0.15) is 16.1 Å². The van der Waals surface area contributed by atoms with Gasteiger partial charge in [-0.05, 0) is 24.3 Å². The van der Waals surface area contributed by atoms with Crippen LogP contribution in [0, 0.1) is 0 Å². The average molecular weight is 175 g/mol. The molecule has 0 aliphatic carbocycles. The van der Waals surface area contributed by atoms with Crippen LogP contribution in [0.15, 0.2) is 24.3 Å². The highest BCUT2D eigenvalue weighted by atomic mass is 16.3. The number of aldehydes is 1. The predicted molar refractivity (Wildman–Crippen MR) is 49.6 cm³/mol. The van der Waals surface area contributed by atoms with E-state index in [2.05, 4.69) is 4.98 Å². The molecule has 0 fully saturated rings. The van der Waals surface area contributed by atoms with Gasteiger partial charge in [0.05, 0.1) is 6.61 Å². The van der Waals surface area contributed by atoms with Crippen LogP contribution in [0.25, 0.3) is 10.9 Å². The summed E-state index contributed by atoms with van der Waals surface area (Å²) in [4.78, 5) is 13.5. The molecule has 13 heavy (non-hydrogen) atoms. The van der Waals surface area contributed by atoms with Crippen molar-refractivity contribution in [3.63, 3.8) is 0 Å².